The Bertz CT molecular complexity index is 1660. The summed E-state index contributed by atoms with van der Waals surface area (Å²) in [6, 6.07) is 38.3. The van der Waals surface area contributed by atoms with Gasteiger partial charge in [-0.15, -0.1) is 0 Å². The molecule has 8 heteroatoms. The molecule has 5 rings (SSSR count). The summed E-state index contributed by atoms with van der Waals surface area (Å²) in [5.74, 6) is -0.752. The van der Waals surface area contributed by atoms with E-state index in [0.717, 1.165) is 33.2 Å². The number of rotatable bonds is 15. The van der Waals surface area contributed by atoms with E-state index in [1.807, 2.05) is 140 Å². The van der Waals surface area contributed by atoms with Gasteiger partial charge in [-0.1, -0.05) is 115 Å². The fourth-order valence-electron chi connectivity index (χ4n) is 6.32. The molecular formula is C40H44N4O4. The van der Waals surface area contributed by atoms with Crippen LogP contribution in [0.4, 0.5) is 0 Å². The van der Waals surface area contributed by atoms with E-state index in [2.05, 4.69) is 5.32 Å². The monoisotopic (exact) mass is 644 g/mol. The maximum Gasteiger partial charge on any atom is 0.237 e. The topological polar surface area (TPSA) is 107 Å². The molecule has 4 aromatic carbocycles. The van der Waals surface area contributed by atoms with Gasteiger partial charge in [0.2, 0.25) is 11.8 Å². The number of nitrogens with zero attached hydrogens (tertiary/aromatic N) is 2. The summed E-state index contributed by atoms with van der Waals surface area (Å²) in [4.78, 5) is 35.0. The van der Waals surface area contributed by atoms with E-state index in [1.54, 1.807) is 13.1 Å². The maximum atomic E-state index is 15.0. The fourth-order valence-corrected chi connectivity index (χ4v) is 6.32. The van der Waals surface area contributed by atoms with Crippen molar-refractivity contribution in [3.8, 4) is 0 Å². The first kappa shape index (κ1) is 34.4. The molecule has 2 atom stereocenters. The predicted octanol–water partition coefficient (Wildman–Crippen LogP) is 6.18. The number of fused-ring (bicyclic) bond motifs is 1. The molecule has 248 valence electrons. The zero-order valence-corrected chi connectivity index (χ0v) is 27.8. The number of hydrogen-bond acceptors (Lipinski definition) is 6. The lowest BCUT2D eigenvalue weighted by molar-refractivity contribution is -0.156. The van der Waals surface area contributed by atoms with Crippen LogP contribution in [0.3, 0.4) is 0 Å². The molecule has 0 unspecified atom stereocenters. The van der Waals surface area contributed by atoms with Crippen molar-refractivity contribution in [3.05, 3.63) is 150 Å². The minimum absolute atomic E-state index is 0.202. The molecule has 0 radical (unpaired) electrons. The van der Waals surface area contributed by atoms with Crippen LogP contribution in [-0.2, 0) is 31.1 Å². The van der Waals surface area contributed by atoms with Gasteiger partial charge in [0.1, 0.15) is 5.54 Å². The number of benzene rings is 4. The van der Waals surface area contributed by atoms with Crippen LogP contribution in [0.15, 0.2) is 128 Å². The van der Waals surface area contributed by atoms with Crippen LogP contribution >= 0.6 is 0 Å². The van der Waals surface area contributed by atoms with E-state index in [-0.39, 0.29) is 18.9 Å². The first-order valence-corrected chi connectivity index (χ1v) is 16.5. The summed E-state index contributed by atoms with van der Waals surface area (Å²) in [6.07, 6.45) is 0.888. The number of pyridine rings is 1. The van der Waals surface area contributed by atoms with Crippen LogP contribution in [0.5, 0.6) is 0 Å². The van der Waals surface area contributed by atoms with Gasteiger partial charge in [-0.05, 0) is 49.1 Å². The second-order valence-corrected chi connectivity index (χ2v) is 11.7. The van der Waals surface area contributed by atoms with Crippen molar-refractivity contribution in [3.63, 3.8) is 0 Å². The molecule has 3 N–H and O–H groups in total. The highest BCUT2D eigenvalue weighted by atomic mass is 16.7. The van der Waals surface area contributed by atoms with E-state index >= 15 is 0 Å². The predicted molar refractivity (Wildman–Crippen MR) is 189 cm³/mol. The van der Waals surface area contributed by atoms with Gasteiger partial charge in [0.05, 0.1) is 24.0 Å². The summed E-state index contributed by atoms with van der Waals surface area (Å²) >= 11 is 0. The van der Waals surface area contributed by atoms with Gasteiger partial charge in [-0.2, -0.15) is 0 Å². The fraction of sp³-hybridized carbons (Fsp3) is 0.275. The van der Waals surface area contributed by atoms with Gasteiger partial charge in [-0.3, -0.25) is 14.6 Å². The van der Waals surface area contributed by atoms with Crippen molar-refractivity contribution in [2.75, 3.05) is 13.2 Å². The Kier molecular flexibility index (Phi) is 11.7. The number of para-hydroxylation sites is 1. The highest BCUT2D eigenvalue weighted by Gasteiger charge is 2.45. The first-order chi connectivity index (χ1) is 23.4. The Balaban J connectivity index is 1.64. The Hall–Kier alpha value is -4.89. The quantitative estimate of drug-likeness (QED) is 0.104. The summed E-state index contributed by atoms with van der Waals surface area (Å²) in [7, 11) is 0. The van der Waals surface area contributed by atoms with E-state index < -0.39 is 29.8 Å². The van der Waals surface area contributed by atoms with Crippen molar-refractivity contribution in [2.24, 2.45) is 5.73 Å². The molecule has 0 saturated heterocycles. The Morgan fingerprint density at radius 1 is 0.771 bits per heavy atom. The number of hydrogen-bond donors (Lipinski definition) is 2. The van der Waals surface area contributed by atoms with Crippen LogP contribution in [0, 0.1) is 0 Å². The van der Waals surface area contributed by atoms with Crippen molar-refractivity contribution in [1.82, 2.24) is 15.2 Å². The van der Waals surface area contributed by atoms with E-state index in [9.17, 15) is 9.59 Å². The molecule has 0 aliphatic rings. The Morgan fingerprint density at radius 2 is 1.29 bits per heavy atom. The Labute approximate surface area is 282 Å². The number of carbonyl (C=O) groups is 2. The number of ether oxygens (including phenoxy) is 2. The standard InChI is InChI=1S/C40H44N4O4/c1-4-47-39(48-5-2)29(3)43-38(46)35(41)27-36(45)44(28-31-18-15-17-30-19-16-26-42-37(30)31)40(32-20-9-6-10-21-32,33-22-11-7-12-23-33)34-24-13-8-14-25-34/h6-26,29,35,39H,4-5,27-28,41H2,1-3H3,(H,43,46)/t29-,35-/m0/s1. The minimum atomic E-state index is -1.13. The molecule has 0 bridgehead atoms. The van der Waals surface area contributed by atoms with Gasteiger partial charge in [0.15, 0.2) is 6.29 Å². The first-order valence-electron chi connectivity index (χ1n) is 16.5. The number of aromatic nitrogens is 1. The molecule has 0 aliphatic heterocycles. The second-order valence-electron chi connectivity index (χ2n) is 11.7. The SMILES string of the molecule is CCOC(OCC)[C@H](C)NC(=O)[C@@H](N)CC(=O)N(Cc1cccc2cccnc12)C(c1ccccc1)(c1ccccc1)c1ccccc1. The van der Waals surface area contributed by atoms with Gasteiger partial charge < -0.3 is 25.4 Å². The van der Waals surface area contributed by atoms with Crippen LogP contribution in [0.2, 0.25) is 0 Å². The van der Waals surface area contributed by atoms with Gasteiger partial charge in [0.25, 0.3) is 0 Å². The molecular weight excluding hydrogens is 600 g/mol. The van der Waals surface area contributed by atoms with Crippen LogP contribution in [0.1, 0.15) is 49.4 Å². The van der Waals surface area contributed by atoms with E-state index in [0.29, 0.717) is 13.2 Å². The molecule has 0 saturated carbocycles. The van der Waals surface area contributed by atoms with E-state index in [4.69, 9.17) is 20.2 Å². The van der Waals surface area contributed by atoms with Gasteiger partial charge >= 0.3 is 0 Å². The van der Waals surface area contributed by atoms with Crippen LogP contribution in [0.25, 0.3) is 10.9 Å². The number of nitrogens with one attached hydrogen (secondary N) is 1. The van der Waals surface area contributed by atoms with E-state index in [1.165, 1.54) is 0 Å². The average molecular weight is 645 g/mol. The molecule has 1 aromatic heterocycles. The van der Waals surface area contributed by atoms with Crippen molar-refractivity contribution in [2.45, 2.75) is 57.6 Å². The number of nitrogens with two attached hydrogens (primary N) is 1. The van der Waals surface area contributed by atoms with Gasteiger partial charge in [-0.25, -0.2) is 0 Å². The van der Waals surface area contributed by atoms with Crippen molar-refractivity contribution >= 4 is 22.7 Å². The van der Waals surface area contributed by atoms with Crippen LogP contribution in [-0.4, -0.2) is 53.3 Å². The highest BCUT2D eigenvalue weighted by molar-refractivity contribution is 5.90. The molecule has 1 heterocycles. The summed E-state index contributed by atoms with van der Waals surface area (Å²) in [6.45, 7) is 6.58. The molecule has 0 spiro atoms. The second kappa shape index (κ2) is 16.3. The van der Waals surface area contributed by atoms with Crippen molar-refractivity contribution in [1.29, 1.82) is 0 Å². The average Bonchev–Trinajstić information content (AvgIpc) is 3.12. The molecule has 0 fully saturated rings. The normalized spacial score (nSPS) is 12.9. The lowest BCUT2D eigenvalue weighted by Gasteiger charge is -2.46. The molecule has 8 nitrogen and oxygen atoms in total. The van der Waals surface area contributed by atoms with Crippen molar-refractivity contribution < 1.29 is 19.1 Å². The molecule has 48 heavy (non-hydrogen) atoms. The number of amides is 2. The minimum Gasteiger partial charge on any atom is -0.351 e. The summed E-state index contributed by atoms with van der Waals surface area (Å²) < 4.78 is 11.4. The largest absolute Gasteiger partial charge is 0.351 e. The highest BCUT2D eigenvalue weighted by Crippen LogP contribution is 2.44. The summed E-state index contributed by atoms with van der Waals surface area (Å²) in [5, 5.41) is 3.87. The molecule has 2 amide bonds. The third kappa shape index (κ3) is 7.47. The lowest BCUT2D eigenvalue weighted by atomic mass is 9.75. The van der Waals surface area contributed by atoms with Crippen LogP contribution < -0.4 is 11.1 Å². The zero-order chi connectivity index (χ0) is 33.9. The zero-order valence-electron chi connectivity index (χ0n) is 27.8. The third-order valence-electron chi connectivity index (χ3n) is 8.50. The molecule has 5 aromatic rings. The smallest absolute Gasteiger partial charge is 0.237 e. The Morgan fingerprint density at radius 3 is 1.81 bits per heavy atom. The lowest BCUT2D eigenvalue weighted by Crippen LogP contribution is -2.54. The summed E-state index contributed by atoms with van der Waals surface area (Å²) in [5.41, 5.74) is 9.81. The number of carbonyl (C=O) groups excluding carboxylic acids is 2. The molecule has 0 aliphatic carbocycles. The van der Waals surface area contributed by atoms with Gasteiger partial charge in [0, 0.05) is 31.3 Å². The maximum absolute atomic E-state index is 15.0. The third-order valence-corrected chi connectivity index (χ3v) is 8.50.